The molecule has 0 spiro atoms. The van der Waals surface area contributed by atoms with Crippen LogP contribution < -0.4 is 10.1 Å². The predicted octanol–water partition coefficient (Wildman–Crippen LogP) is 3.13. The SMILES string of the molecule is C=Cn1cc(CNc2ccc(OCC)c(F)c2)cn1. The number of ether oxygens (including phenoxy) is 1. The molecule has 0 saturated carbocycles. The van der Waals surface area contributed by atoms with E-state index in [-0.39, 0.29) is 11.6 Å². The summed E-state index contributed by atoms with van der Waals surface area (Å²) in [5.74, 6) is -0.0961. The zero-order chi connectivity index (χ0) is 13.7. The van der Waals surface area contributed by atoms with Gasteiger partial charge in [-0.25, -0.2) is 9.07 Å². The smallest absolute Gasteiger partial charge is 0.167 e. The maximum atomic E-state index is 13.6. The number of halogens is 1. The Bertz CT molecular complexity index is 566. The lowest BCUT2D eigenvalue weighted by Gasteiger charge is -2.08. The van der Waals surface area contributed by atoms with Crippen LogP contribution in [0.2, 0.25) is 0 Å². The molecule has 2 rings (SSSR count). The summed E-state index contributed by atoms with van der Waals surface area (Å²) in [4.78, 5) is 0. The zero-order valence-electron chi connectivity index (χ0n) is 10.8. The van der Waals surface area contributed by atoms with Crippen molar-refractivity contribution in [3.63, 3.8) is 0 Å². The number of rotatable bonds is 6. The van der Waals surface area contributed by atoms with E-state index in [2.05, 4.69) is 17.0 Å². The van der Waals surface area contributed by atoms with Crippen LogP contribution >= 0.6 is 0 Å². The van der Waals surface area contributed by atoms with Gasteiger partial charge >= 0.3 is 0 Å². The Balaban J connectivity index is 1.99. The minimum atomic E-state index is -0.367. The molecule has 0 aliphatic heterocycles. The average Bonchev–Trinajstić information content (AvgIpc) is 2.87. The molecule has 1 N–H and O–H groups in total. The van der Waals surface area contributed by atoms with Crippen LogP contribution in [0.4, 0.5) is 10.1 Å². The van der Waals surface area contributed by atoms with E-state index in [0.717, 1.165) is 5.56 Å². The van der Waals surface area contributed by atoms with Gasteiger partial charge in [0, 0.05) is 36.3 Å². The van der Waals surface area contributed by atoms with Crippen molar-refractivity contribution in [1.29, 1.82) is 0 Å². The van der Waals surface area contributed by atoms with E-state index in [1.165, 1.54) is 6.07 Å². The Kier molecular flexibility index (Phi) is 4.18. The number of benzene rings is 1. The number of nitrogens with zero attached hydrogens (tertiary/aromatic N) is 2. The highest BCUT2D eigenvalue weighted by atomic mass is 19.1. The van der Waals surface area contributed by atoms with Crippen LogP contribution in [0.25, 0.3) is 6.20 Å². The van der Waals surface area contributed by atoms with E-state index in [0.29, 0.717) is 18.8 Å². The van der Waals surface area contributed by atoms with E-state index in [4.69, 9.17) is 4.74 Å². The Labute approximate surface area is 111 Å². The summed E-state index contributed by atoms with van der Waals surface area (Å²) in [6.07, 6.45) is 5.20. The first-order valence-corrected chi connectivity index (χ1v) is 6.04. The van der Waals surface area contributed by atoms with Crippen molar-refractivity contribution in [3.05, 3.63) is 48.6 Å². The molecule has 1 heterocycles. The van der Waals surface area contributed by atoms with Gasteiger partial charge in [0.25, 0.3) is 0 Å². The van der Waals surface area contributed by atoms with Crippen LogP contribution in [0.1, 0.15) is 12.5 Å². The third-order valence-corrected chi connectivity index (χ3v) is 2.57. The monoisotopic (exact) mass is 261 g/mol. The van der Waals surface area contributed by atoms with E-state index >= 15 is 0 Å². The lowest BCUT2D eigenvalue weighted by molar-refractivity contribution is 0.321. The molecule has 0 radical (unpaired) electrons. The standard InChI is InChI=1S/C14H16FN3O/c1-3-18-10-11(9-17-18)8-16-12-5-6-14(19-4-2)13(15)7-12/h3,5-7,9-10,16H,1,4,8H2,2H3. The second-order valence-electron chi connectivity index (χ2n) is 3.94. The molecular weight excluding hydrogens is 245 g/mol. The highest BCUT2D eigenvalue weighted by Gasteiger charge is 2.04. The summed E-state index contributed by atoms with van der Waals surface area (Å²) >= 11 is 0. The van der Waals surface area contributed by atoms with Crippen molar-refractivity contribution in [1.82, 2.24) is 9.78 Å². The molecule has 0 atom stereocenters. The van der Waals surface area contributed by atoms with Crippen molar-refractivity contribution in [2.24, 2.45) is 0 Å². The second-order valence-corrected chi connectivity index (χ2v) is 3.94. The third kappa shape index (κ3) is 3.34. The Morgan fingerprint density at radius 3 is 3.00 bits per heavy atom. The first-order valence-electron chi connectivity index (χ1n) is 6.04. The van der Waals surface area contributed by atoms with Crippen LogP contribution in [-0.4, -0.2) is 16.4 Å². The Morgan fingerprint density at radius 2 is 2.37 bits per heavy atom. The summed E-state index contributed by atoms with van der Waals surface area (Å²) in [5, 5.41) is 7.19. The molecule has 0 saturated heterocycles. The van der Waals surface area contributed by atoms with Crippen molar-refractivity contribution in [2.75, 3.05) is 11.9 Å². The predicted molar refractivity (Wildman–Crippen MR) is 73.5 cm³/mol. The normalized spacial score (nSPS) is 10.2. The van der Waals surface area contributed by atoms with Gasteiger partial charge in [0.2, 0.25) is 0 Å². The molecule has 100 valence electrons. The first kappa shape index (κ1) is 13.1. The molecule has 0 aliphatic rings. The van der Waals surface area contributed by atoms with Crippen molar-refractivity contribution in [2.45, 2.75) is 13.5 Å². The van der Waals surface area contributed by atoms with Gasteiger partial charge in [-0.15, -0.1) is 0 Å². The average molecular weight is 261 g/mol. The summed E-state index contributed by atoms with van der Waals surface area (Å²) in [5.41, 5.74) is 1.70. The lowest BCUT2D eigenvalue weighted by Crippen LogP contribution is -2.00. The second kappa shape index (κ2) is 6.04. The van der Waals surface area contributed by atoms with Crippen molar-refractivity contribution >= 4 is 11.9 Å². The van der Waals surface area contributed by atoms with Crippen LogP contribution in [0.3, 0.4) is 0 Å². The molecule has 0 aliphatic carbocycles. The van der Waals surface area contributed by atoms with Crippen molar-refractivity contribution in [3.8, 4) is 5.75 Å². The lowest BCUT2D eigenvalue weighted by atomic mass is 10.2. The van der Waals surface area contributed by atoms with Crippen LogP contribution in [0.5, 0.6) is 5.75 Å². The number of hydrogen-bond acceptors (Lipinski definition) is 3. The van der Waals surface area contributed by atoms with Gasteiger partial charge in [-0.05, 0) is 19.1 Å². The molecule has 2 aromatic rings. The number of nitrogens with one attached hydrogen (secondary N) is 1. The van der Waals surface area contributed by atoms with Gasteiger partial charge in [0.1, 0.15) is 0 Å². The molecule has 1 aromatic heterocycles. The fourth-order valence-corrected chi connectivity index (χ4v) is 1.66. The highest BCUT2D eigenvalue weighted by Crippen LogP contribution is 2.21. The van der Waals surface area contributed by atoms with Gasteiger partial charge in [-0.1, -0.05) is 6.58 Å². The molecule has 0 amide bonds. The number of anilines is 1. The molecule has 5 heteroatoms. The molecule has 1 aromatic carbocycles. The van der Waals surface area contributed by atoms with Gasteiger partial charge in [-0.2, -0.15) is 5.10 Å². The molecule has 4 nitrogen and oxygen atoms in total. The van der Waals surface area contributed by atoms with Gasteiger partial charge in [0.15, 0.2) is 11.6 Å². The molecule has 0 unspecified atom stereocenters. The summed E-state index contributed by atoms with van der Waals surface area (Å²) in [6.45, 7) is 6.46. The molecule has 19 heavy (non-hydrogen) atoms. The summed E-state index contributed by atoms with van der Waals surface area (Å²) in [7, 11) is 0. The van der Waals surface area contributed by atoms with E-state index < -0.39 is 0 Å². The largest absolute Gasteiger partial charge is 0.491 e. The van der Waals surface area contributed by atoms with Crippen LogP contribution in [0, 0.1) is 5.82 Å². The van der Waals surface area contributed by atoms with Gasteiger partial charge in [-0.3, -0.25) is 0 Å². The Hall–Kier alpha value is -2.30. The maximum absolute atomic E-state index is 13.6. The van der Waals surface area contributed by atoms with E-state index in [9.17, 15) is 4.39 Å². The van der Waals surface area contributed by atoms with Crippen LogP contribution in [-0.2, 0) is 6.54 Å². The molecule has 0 bridgehead atoms. The maximum Gasteiger partial charge on any atom is 0.167 e. The topological polar surface area (TPSA) is 39.1 Å². The Morgan fingerprint density at radius 1 is 1.53 bits per heavy atom. The van der Waals surface area contributed by atoms with Crippen molar-refractivity contribution < 1.29 is 9.13 Å². The molecular formula is C14H16FN3O. The minimum absolute atomic E-state index is 0.271. The summed E-state index contributed by atoms with van der Waals surface area (Å²) in [6, 6.07) is 4.82. The highest BCUT2D eigenvalue weighted by molar-refractivity contribution is 5.47. The third-order valence-electron chi connectivity index (χ3n) is 2.57. The van der Waals surface area contributed by atoms with Crippen LogP contribution in [0.15, 0.2) is 37.2 Å². The molecule has 0 fully saturated rings. The van der Waals surface area contributed by atoms with E-state index in [1.54, 1.807) is 29.2 Å². The fourth-order valence-electron chi connectivity index (χ4n) is 1.66. The van der Waals surface area contributed by atoms with Gasteiger partial charge < -0.3 is 10.1 Å². The van der Waals surface area contributed by atoms with E-state index in [1.807, 2.05) is 13.1 Å². The summed E-state index contributed by atoms with van der Waals surface area (Å²) < 4.78 is 20.4. The first-order chi connectivity index (χ1) is 9.22. The number of hydrogen-bond donors (Lipinski definition) is 1. The number of aromatic nitrogens is 2. The fraction of sp³-hybridized carbons (Fsp3) is 0.214. The zero-order valence-corrected chi connectivity index (χ0v) is 10.8. The quantitative estimate of drug-likeness (QED) is 0.868. The van der Waals surface area contributed by atoms with Gasteiger partial charge in [0.05, 0.1) is 12.8 Å². The minimum Gasteiger partial charge on any atom is -0.491 e.